The molecule has 12 nitrogen and oxygen atoms in total. The predicted octanol–water partition coefficient (Wildman–Crippen LogP) is 5.18. The number of nitrogens with zero attached hydrogens (tertiary/aromatic N) is 2. The Morgan fingerprint density at radius 1 is 0.733 bits per heavy atom. The summed E-state index contributed by atoms with van der Waals surface area (Å²) in [6.07, 6.45) is 6.64. The first-order chi connectivity index (χ1) is 28.8. The summed E-state index contributed by atoms with van der Waals surface area (Å²) in [5, 5.41) is 25.3. The first kappa shape index (κ1) is 39.0. The second-order valence-electron chi connectivity index (χ2n) is 20.2. The number of rotatable bonds is 11. The number of esters is 2. The molecular weight excluding hydrogens is 765 g/mol. The molecule has 2 N–H and O–H groups in total. The van der Waals surface area contributed by atoms with Gasteiger partial charge in [0.2, 0.25) is 0 Å². The molecule has 0 amide bonds. The third-order valence-electron chi connectivity index (χ3n) is 16.8. The molecule has 9 atom stereocenters. The van der Waals surface area contributed by atoms with Crippen molar-refractivity contribution in [3.8, 4) is 23.0 Å². The van der Waals surface area contributed by atoms with Gasteiger partial charge in [-0.3, -0.25) is 29.0 Å². The second-order valence-corrected chi connectivity index (χ2v) is 20.2. The van der Waals surface area contributed by atoms with Crippen molar-refractivity contribution in [3.63, 3.8) is 0 Å². The number of carbonyl (C=O) groups is 4. The van der Waals surface area contributed by atoms with E-state index in [2.05, 4.69) is 16.7 Å². The molecule has 0 radical (unpaired) electrons. The zero-order valence-corrected chi connectivity index (χ0v) is 35.1. The smallest absolute Gasteiger partial charge is 0.311 e. The summed E-state index contributed by atoms with van der Waals surface area (Å²) in [7, 11) is 0. The third kappa shape index (κ3) is 5.41. The maximum Gasteiger partial charge on any atom is 0.311 e. The van der Waals surface area contributed by atoms with Crippen LogP contribution in [0.15, 0.2) is 24.3 Å². The first-order valence-corrected chi connectivity index (χ1v) is 22.8. The maximum absolute atomic E-state index is 13.6. The zero-order valence-electron chi connectivity index (χ0n) is 35.1. The number of piperidine rings is 1. The number of ether oxygens (including phenoxy) is 4. The van der Waals surface area contributed by atoms with Crippen LogP contribution in [0.3, 0.4) is 0 Å². The van der Waals surface area contributed by atoms with Gasteiger partial charge in [-0.1, -0.05) is 12.1 Å². The number of carbonyl (C=O) groups excluding carboxylic acids is 4. The topological polar surface area (TPSA) is 152 Å². The molecular formula is C48H58N2O10. The number of aliphatic hydroxyl groups is 2. The van der Waals surface area contributed by atoms with E-state index in [9.17, 15) is 29.4 Å². The lowest BCUT2D eigenvalue weighted by atomic mass is 9.52. The Morgan fingerprint density at radius 2 is 1.25 bits per heavy atom. The van der Waals surface area contributed by atoms with Crippen molar-refractivity contribution in [2.75, 3.05) is 26.2 Å². The Morgan fingerprint density at radius 3 is 1.82 bits per heavy atom. The third-order valence-corrected chi connectivity index (χ3v) is 16.8. The zero-order chi connectivity index (χ0) is 41.5. The molecule has 11 rings (SSSR count). The van der Waals surface area contributed by atoms with Crippen molar-refractivity contribution in [2.45, 2.75) is 157 Å². The van der Waals surface area contributed by atoms with Crippen LogP contribution in [0.1, 0.15) is 119 Å². The summed E-state index contributed by atoms with van der Waals surface area (Å²) in [5.74, 6) is 1.93. The van der Waals surface area contributed by atoms with Gasteiger partial charge in [0.25, 0.3) is 0 Å². The van der Waals surface area contributed by atoms with Gasteiger partial charge in [0.05, 0.1) is 22.0 Å². The minimum absolute atomic E-state index is 0.00312. The van der Waals surface area contributed by atoms with Crippen LogP contribution in [0.5, 0.6) is 23.0 Å². The van der Waals surface area contributed by atoms with Gasteiger partial charge in [-0.15, -0.1) is 0 Å². The number of aryl methyl sites for hydroxylation is 2. The lowest BCUT2D eigenvalue weighted by molar-refractivity contribution is -0.181. The molecule has 320 valence electrons. The number of fused-ring (bicyclic) bond motifs is 4. The number of benzene rings is 2. The van der Waals surface area contributed by atoms with E-state index in [-0.39, 0.29) is 66.8 Å². The van der Waals surface area contributed by atoms with Gasteiger partial charge in [-0.05, 0) is 133 Å². The fraction of sp³-hybridized carbons (Fsp3) is 0.667. The highest BCUT2D eigenvalue weighted by atomic mass is 16.6. The Labute approximate surface area is 351 Å². The van der Waals surface area contributed by atoms with E-state index in [1.165, 1.54) is 25.7 Å². The van der Waals surface area contributed by atoms with Gasteiger partial charge in [-0.2, -0.15) is 0 Å². The molecule has 4 aliphatic heterocycles. The number of hydrogen-bond acceptors (Lipinski definition) is 12. The summed E-state index contributed by atoms with van der Waals surface area (Å²) >= 11 is 0. The summed E-state index contributed by atoms with van der Waals surface area (Å²) in [6, 6.07) is 7.04. The highest BCUT2D eigenvalue weighted by Gasteiger charge is 2.77. The normalized spacial score (nSPS) is 37.3. The van der Waals surface area contributed by atoms with Gasteiger partial charge >= 0.3 is 11.9 Å². The van der Waals surface area contributed by atoms with Gasteiger partial charge in [0, 0.05) is 68.5 Å². The minimum Gasteiger partial charge on any atom is -0.477 e. The number of ketones is 2. The van der Waals surface area contributed by atoms with E-state index in [1.54, 1.807) is 12.1 Å². The molecule has 4 unspecified atom stereocenters. The average Bonchev–Trinajstić information content (AvgIpc) is 4.13. The van der Waals surface area contributed by atoms with Crippen LogP contribution in [0.2, 0.25) is 0 Å². The second kappa shape index (κ2) is 13.6. The van der Waals surface area contributed by atoms with Crippen LogP contribution in [0.4, 0.5) is 0 Å². The molecule has 2 spiro atoms. The van der Waals surface area contributed by atoms with Crippen LogP contribution >= 0.6 is 0 Å². The lowest BCUT2D eigenvalue weighted by Crippen LogP contribution is -2.74. The van der Waals surface area contributed by atoms with Crippen molar-refractivity contribution in [1.29, 1.82) is 0 Å². The molecule has 5 aliphatic carbocycles. The standard InChI is InChI=1S/C48H58N2O10/c1-26-8-14-34(40-38(26)45-20-21-49(23-29-10-11-29)28(3)47(45,55)18-16-32(51)43(45)59-40)57-36(53)6-4-5-7-37(54)58-35-15-9-27(2)39-41(35)60-44-33(52)17-19-48(56)42-31(22-46(39,44)48)25-50(42)24-30-12-13-30/h8-9,14-15,28-31,42-44,55-56H,4-7,10-13,16-25H2,1-3H3/t28?,31?,42?,43?,44-,45-,46-,47+,48+/m0/s1. The van der Waals surface area contributed by atoms with Crippen LogP contribution in [-0.4, -0.2) is 105 Å². The summed E-state index contributed by atoms with van der Waals surface area (Å²) in [6.45, 7) is 9.66. The summed E-state index contributed by atoms with van der Waals surface area (Å²) in [5.41, 5.74) is -0.667. The van der Waals surface area contributed by atoms with Crippen molar-refractivity contribution < 1.29 is 48.3 Å². The fourth-order valence-electron chi connectivity index (χ4n) is 13.6. The highest BCUT2D eigenvalue weighted by Crippen LogP contribution is 2.68. The molecule has 5 saturated carbocycles. The SMILES string of the molecule is Cc1ccc(OC(=O)CCCCC(=O)Oc2ccc(C)c3c2O[C@H]2C(=O)CC[C@@]4(O)C5C(CN5CC5CC5)C[C@]324)c2c1[C@]13CCN(CC4CC4)C(C)[C@]1(O)CCC(=O)C3O2. The maximum atomic E-state index is 13.6. The van der Waals surface area contributed by atoms with E-state index in [0.717, 1.165) is 48.4 Å². The number of likely N-dealkylation sites (tertiary alicyclic amines) is 2. The van der Waals surface area contributed by atoms with E-state index in [0.29, 0.717) is 61.9 Å². The van der Waals surface area contributed by atoms with E-state index in [1.807, 2.05) is 26.0 Å². The Hall–Kier alpha value is -3.84. The van der Waals surface area contributed by atoms with Crippen molar-refractivity contribution >= 4 is 23.5 Å². The van der Waals surface area contributed by atoms with Crippen molar-refractivity contribution in [2.24, 2.45) is 17.8 Å². The predicted molar refractivity (Wildman–Crippen MR) is 217 cm³/mol. The van der Waals surface area contributed by atoms with Crippen LogP contribution < -0.4 is 18.9 Å². The van der Waals surface area contributed by atoms with Gasteiger partial charge in [0.15, 0.2) is 46.8 Å². The quantitative estimate of drug-likeness (QED) is 0.175. The molecule has 12 heteroatoms. The van der Waals surface area contributed by atoms with E-state index >= 15 is 0 Å². The molecule has 2 saturated heterocycles. The number of Topliss-reactive ketones (excluding diaryl/α,β-unsaturated/α-hetero) is 2. The molecule has 7 fully saturated rings. The fourth-order valence-corrected chi connectivity index (χ4v) is 13.6. The van der Waals surface area contributed by atoms with Gasteiger partial charge < -0.3 is 29.2 Å². The molecule has 4 heterocycles. The summed E-state index contributed by atoms with van der Waals surface area (Å²) < 4.78 is 24.8. The molecule has 0 bridgehead atoms. The lowest BCUT2D eigenvalue weighted by Gasteiger charge is -2.59. The molecule has 9 aliphatic rings. The molecule has 60 heavy (non-hydrogen) atoms. The van der Waals surface area contributed by atoms with Crippen LogP contribution in [0, 0.1) is 31.6 Å². The largest absolute Gasteiger partial charge is 0.477 e. The monoisotopic (exact) mass is 822 g/mol. The Balaban J connectivity index is 0.752. The Kier molecular flexibility index (Phi) is 8.83. The minimum atomic E-state index is -1.18. The number of unbranched alkanes of at least 4 members (excludes halogenated alkanes) is 1. The number of hydrogen-bond donors (Lipinski definition) is 2. The summed E-state index contributed by atoms with van der Waals surface area (Å²) in [4.78, 5) is 58.6. The molecule has 2 aromatic rings. The Bertz CT molecular complexity index is 2090. The molecule has 2 aromatic carbocycles. The van der Waals surface area contributed by atoms with Crippen LogP contribution in [0.25, 0.3) is 0 Å². The van der Waals surface area contributed by atoms with Crippen molar-refractivity contribution in [3.05, 3.63) is 46.5 Å². The van der Waals surface area contributed by atoms with Gasteiger partial charge in [0.1, 0.15) is 0 Å². The van der Waals surface area contributed by atoms with Crippen molar-refractivity contribution in [1.82, 2.24) is 9.80 Å². The molecule has 0 aromatic heterocycles. The average molecular weight is 823 g/mol. The highest BCUT2D eigenvalue weighted by molar-refractivity contribution is 5.91. The van der Waals surface area contributed by atoms with E-state index < -0.39 is 46.2 Å². The van der Waals surface area contributed by atoms with Crippen LogP contribution in [-0.2, 0) is 30.0 Å². The van der Waals surface area contributed by atoms with E-state index in [4.69, 9.17) is 18.9 Å². The van der Waals surface area contributed by atoms with Gasteiger partial charge in [-0.25, -0.2) is 0 Å². The first-order valence-electron chi connectivity index (χ1n) is 22.8.